The molecule has 40 heavy (non-hydrogen) atoms. The predicted octanol–water partition coefficient (Wildman–Crippen LogP) is 7.20. The van der Waals surface area contributed by atoms with Crippen molar-refractivity contribution in [2.24, 2.45) is 0 Å². The maximum atomic E-state index is 13.6. The number of rotatable bonds is 10. The summed E-state index contributed by atoms with van der Waals surface area (Å²) in [4.78, 5) is 13.6. The number of hydrogen-bond acceptors (Lipinski definition) is 7. The average Bonchev–Trinajstić information content (AvgIpc) is 3.40. The van der Waals surface area contributed by atoms with Gasteiger partial charge in [0.25, 0.3) is 0 Å². The molecule has 0 unspecified atom stereocenters. The Morgan fingerprint density at radius 2 is 1.30 bits per heavy atom. The van der Waals surface area contributed by atoms with E-state index in [-0.39, 0.29) is 6.61 Å². The van der Waals surface area contributed by atoms with Crippen molar-refractivity contribution in [1.82, 2.24) is 0 Å². The van der Waals surface area contributed by atoms with Crippen molar-refractivity contribution in [2.45, 2.75) is 6.42 Å². The molecule has 5 aromatic rings. The predicted molar refractivity (Wildman–Crippen MR) is 154 cm³/mol. The summed E-state index contributed by atoms with van der Waals surface area (Å²) in [5, 5.41) is 0.603. The van der Waals surface area contributed by atoms with E-state index in [0.717, 1.165) is 16.7 Å². The molecule has 0 saturated carbocycles. The number of methoxy groups -OCH3 is 4. The number of esters is 1. The lowest BCUT2D eigenvalue weighted by atomic mass is 9.95. The first-order valence-corrected chi connectivity index (χ1v) is 12.8. The fourth-order valence-electron chi connectivity index (χ4n) is 4.64. The minimum absolute atomic E-state index is 0.229. The second-order valence-electron chi connectivity index (χ2n) is 9.06. The molecule has 204 valence electrons. The Bertz CT molecular complexity index is 1600. The standard InChI is InChI=1S/C33H30O7/c1-35-24-12-10-22(11-13-24)32-30(23-16-25(36-2)18-26(17-23)37-3)31-28(19-27(38-4)20-29(31)40-32)33(34)39-15-14-21-8-6-5-7-9-21/h5-13,16-20H,14-15H2,1-4H3. The van der Waals surface area contributed by atoms with E-state index in [9.17, 15) is 4.79 Å². The molecule has 0 radical (unpaired) electrons. The van der Waals surface area contributed by atoms with Gasteiger partial charge in [-0.1, -0.05) is 30.3 Å². The van der Waals surface area contributed by atoms with Crippen LogP contribution in [0.5, 0.6) is 23.0 Å². The van der Waals surface area contributed by atoms with Crippen LogP contribution in [0.1, 0.15) is 15.9 Å². The Balaban J connectivity index is 1.69. The number of benzene rings is 4. The Kier molecular flexibility index (Phi) is 7.92. The van der Waals surface area contributed by atoms with Crippen LogP contribution in [0.15, 0.2) is 89.3 Å². The Hall–Kier alpha value is -4.91. The third-order valence-electron chi connectivity index (χ3n) is 6.68. The lowest BCUT2D eigenvalue weighted by molar-refractivity contribution is 0.0511. The molecule has 1 heterocycles. The number of furan rings is 1. The van der Waals surface area contributed by atoms with Crippen LogP contribution in [-0.4, -0.2) is 41.0 Å². The van der Waals surface area contributed by atoms with Crippen molar-refractivity contribution >= 4 is 16.9 Å². The van der Waals surface area contributed by atoms with Crippen LogP contribution < -0.4 is 18.9 Å². The molecular weight excluding hydrogens is 508 g/mol. The summed E-state index contributed by atoms with van der Waals surface area (Å²) >= 11 is 0. The highest BCUT2D eigenvalue weighted by Gasteiger charge is 2.26. The zero-order chi connectivity index (χ0) is 28.1. The molecule has 1 aromatic heterocycles. The molecule has 0 bridgehead atoms. The summed E-state index contributed by atoms with van der Waals surface area (Å²) < 4.78 is 34.2. The van der Waals surface area contributed by atoms with Crippen LogP contribution in [0.4, 0.5) is 0 Å². The van der Waals surface area contributed by atoms with E-state index >= 15 is 0 Å². The number of hydrogen-bond donors (Lipinski definition) is 0. The Labute approximate surface area is 232 Å². The molecule has 0 amide bonds. The maximum absolute atomic E-state index is 13.6. The van der Waals surface area contributed by atoms with E-state index in [1.54, 1.807) is 46.6 Å². The van der Waals surface area contributed by atoms with Crippen LogP contribution in [0.2, 0.25) is 0 Å². The molecule has 0 aliphatic rings. The molecule has 7 heteroatoms. The van der Waals surface area contributed by atoms with E-state index in [0.29, 0.717) is 57.3 Å². The largest absolute Gasteiger partial charge is 0.497 e. The van der Waals surface area contributed by atoms with Gasteiger partial charge in [0.1, 0.15) is 34.3 Å². The first-order chi connectivity index (χ1) is 19.5. The zero-order valence-corrected chi connectivity index (χ0v) is 22.9. The molecule has 0 saturated heterocycles. The summed E-state index contributed by atoms with van der Waals surface area (Å²) in [6, 6.07) is 26.4. The van der Waals surface area contributed by atoms with Gasteiger partial charge < -0.3 is 28.1 Å². The van der Waals surface area contributed by atoms with Gasteiger partial charge in [0, 0.05) is 35.1 Å². The molecule has 7 nitrogen and oxygen atoms in total. The zero-order valence-electron chi connectivity index (χ0n) is 22.9. The lowest BCUT2D eigenvalue weighted by Crippen LogP contribution is -2.09. The van der Waals surface area contributed by atoms with Gasteiger partial charge in [-0.15, -0.1) is 0 Å². The summed E-state index contributed by atoms with van der Waals surface area (Å²) in [5.74, 6) is 2.49. The van der Waals surface area contributed by atoms with Gasteiger partial charge in [0.2, 0.25) is 0 Å². The lowest BCUT2D eigenvalue weighted by Gasteiger charge is -2.12. The molecule has 5 rings (SSSR count). The fraction of sp³-hybridized carbons (Fsp3) is 0.182. The van der Waals surface area contributed by atoms with Crippen LogP contribution in [-0.2, 0) is 11.2 Å². The third kappa shape index (κ3) is 5.45. The van der Waals surface area contributed by atoms with Crippen LogP contribution in [0.25, 0.3) is 33.4 Å². The van der Waals surface area contributed by atoms with Gasteiger partial charge in [-0.05, 0) is 53.6 Å². The second-order valence-corrected chi connectivity index (χ2v) is 9.06. The van der Waals surface area contributed by atoms with E-state index in [4.69, 9.17) is 28.1 Å². The normalized spacial score (nSPS) is 10.8. The third-order valence-corrected chi connectivity index (χ3v) is 6.68. The van der Waals surface area contributed by atoms with Crippen molar-refractivity contribution in [1.29, 1.82) is 0 Å². The highest BCUT2D eigenvalue weighted by molar-refractivity contribution is 6.13. The van der Waals surface area contributed by atoms with Crippen molar-refractivity contribution in [3.63, 3.8) is 0 Å². The quantitative estimate of drug-likeness (QED) is 0.174. The topological polar surface area (TPSA) is 76.4 Å². The number of ether oxygens (including phenoxy) is 5. The van der Waals surface area contributed by atoms with Crippen molar-refractivity contribution in [3.8, 4) is 45.4 Å². The number of carbonyl (C=O) groups is 1. The molecule has 0 fully saturated rings. The van der Waals surface area contributed by atoms with Gasteiger partial charge in [0.15, 0.2) is 0 Å². The summed E-state index contributed by atoms with van der Waals surface area (Å²) in [6.45, 7) is 0.229. The summed E-state index contributed by atoms with van der Waals surface area (Å²) in [7, 11) is 6.35. The van der Waals surface area contributed by atoms with E-state index in [1.165, 1.54) is 0 Å². The fourth-order valence-corrected chi connectivity index (χ4v) is 4.64. The Morgan fingerprint density at radius 1 is 0.675 bits per heavy atom. The van der Waals surface area contributed by atoms with Gasteiger partial charge in [-0.3, -0.25) is 0 Å². The van der Waals surface area contributed by atoms with E-state index < -0.39 is 5.97 Å². The molecule has 0 spiro atoms. The van der Waals surface area contributed by atoms with Gasteiger partial charge in [-0.25, -0.2) is 4.79 Å². The smallest absolute Gasteiger partial charge is 0.339 e. The minimum Gasteiger partial charge on any atom is -0.497 e. The van der Waals surface area contributed by atoms with Gasteiger partial charge in [-0.2, -0.15) is 0 Å². The van der Waals surface area contributed by atoms with Gasteiger partial charge in [0.05, 0.1) is 40.6 Å². The molecule has 0 atom stereocenters. The first-order valence-electron chi connectivity index (χ1n) is 12.8. The highest BCUT2D eigenvalue weighted by atomic mass is 16.5. The molecular formula is C33H30O7. The van der Waals surface area contributed by atoms with E-state index in [1.807, 2.05) is 66.7 Å². The monoisotopic (exact) mass is 538 g/mol. The Morgan fingerprint density at radius 3 is 1.93 bits per heavy atom. The minimum atomic E-state index is -0.474. The van der Waals surface area contributed by atoms with E-state index in [2.05, 4.69) is 0 Å². The maximum Gasteiger partial charge on any atom is 0.339 e. The van der Waals surface area contributed by atoms with Crippen molar-refractivity contribution in [3.05, 3.63) is 96.1 Å². The van der Waals surface area contributed by atoms with Crippen molar-refractivity contribution < 1.29 is 32.9 Å². The van der Waals surface area contributed by atoms with Crippen LogP contribution in [0.3, 0.4) is 0 Å². The first kappa shape index (κ1) is 26.7. The second kappa shape index (κ2) is 11.9. The average molecular weight is 539 g/mol. The summed E-state index contributed by atoms with van der Waals surface area (Å²) in [5.41, 5.74) is 4.16. The number of carbonyl (C=O) groups excluding carboxylic acids is 1. The van der Waals surface area contributed by atoms with Crippen LogP contribution in [0, 0.1) is 0 Å². The highest BCUT2D eigenvalue weighted by Crippen LogP contribution is 2.45. The number of fused-ring (bicyclic) bond motifs is 1. The van der Waals surface area contributed by atoms with Crippen LogP contribution >= 0.6 is 0 Å². The molecule has 0 aliphatic carbocycles. The SMILES string of the molecule is COc1ccc(-c2oc3cc(OC)cc(C(=O)OCCc4ccccc4)c3c2-c2cc(OC)cc(OC)c2)cc1. The molecule has 0 aliphatic heterocycles. The van der Waals surface area contributed by atoms with Crippen molar-refractivity contribution in [2.75, 3.05) is 35.0 Å². The van der Waals surface area contributed by atoms with Gasteiger partial charge >= 0.3 is 5.97 Å². The molecule has 4 aromatic carbocycles. The summed E-state index contributed by atoms with van der Waals surface area (Å²) in [6.07, 6.45) is 0.599. The molecule has 0 N–H and O–H groups in total.